The molecule has 2 aromatic rings. The molecule has 0 unspecified atom stereocenters. The first-order chi connectivity index (χ1) is 6.42. The van der Waals surface area contributed by atoms with Gasteiger partial charge in [0.25, 0.3) is 0 Å². The minimum absolute atomic E-state index is 0.515. The van der Waals surface area contributed by atoms with Crippen LogP contribution in [0.25, 0.3) is 5.88 Å². The largest absolute Gasteiger partial charge is 0.447 e. The van der Waals surface area contributed by atoms with Crippen molar-refractivity contribution in [3.63, 3.8) is 0 Å². The molecular formula is C7H9N5O. The highest BCUT2D eigenvalue weighted by Crippen LogP contribution is 2.07. The fraction of sp³-hybridized carbons (Fsp3) is 0.286. The van der Waals surface area contributed by atoms with E-state index in [-0.39, 0.29) is 0 Å². The Hall–Kier alpha value is -1.69. The van der Waals surface area contributed by atoms with Crippen molar-refractivity contribution in [2.45, 2.75) is 6.42 Å². The number of aromatic nitrogens is 4. The number of nitrogens with two attached hydrogens (primary N) is 1. The van der Waals surface area contributed by atoms with Crippen LogP contribution in [0.2, 0.25) is 0 Å². The van der Waals surface area contributed by atoms with Crippen molar-refractivity contribution >= 4 is 0 Å². The zero-order chi connectivity index (χ0) is 9.10. The third kappa shape index (κ3) is 1.43. The summed E-state index contributed by atoms with van der Waals surface area (Å²) in [5, 5.41) is 11.2. The summed E-state index contributed by atoms with van der Waals surface area (Å²) in [6.45, 7) is 0.515. The van der Waals surface area contributed by atoms with E-state index in [0.717, 1.165) is 0 Å². The summed E-state index contributed by atoms with van der Waals surface area (Å²) >= 11 is 0. The van der Waals surface area contributed by atoms with E-state index >= 15 is 0 Å². The fourth-order valence-electron chi connectivity index (χ4n) is 1.05. The Morgan fingerprint density at radius 3 is 3.15 bits per heavy atom. The molecule has 0 saturated carbocycles. The van der Waals surface area contributed by atoms with E-state index in [0.29, 0.717) is 24.7 Å². The third-order valence-corrected chi connectivity index (χ3v) is 1.62. The van der Waals surface area contributed by atoms with E-state index in [1.807, 2.05) is 0 Å². The van der Waals surface area contributed by atoms with E-state index in [2.05, 4.69) is 15.5 Å². The van der Waals surface area contributed by atoms with Gasteiger partial charge < -0.3 is 10.2 Å². The topological polar surface area (TPSA) is 82.8 Å². The molecule has 2 aromatic heterocycles. The predicted octanol–water partition coefficient (Wildman–Crippen LogP) is -0.244. The van der Waals surface area contributed by atoms with Crippen LogP contribution in [-0.4, -0.2) is 26.8 Å². The smallest absolute Gasteiger partial charge is 0.222 e. The number of hydrogen-bond donors (Lipinski definition) is 1. The van der Waals surface area contributed by atoms with Gasteiger partial charge >= 0.3 is 0 Å². The number of rotatable bonds is 3. The fourth-order valence-corrected chi connectivity index (χ4v) is 1.05. The molecule has 0 amide bonds. The molecular weight excluding hydrogens is 170 g/mol. The molecule has 2 N–H and O–H groups in total. The summed E-state index contributed by atoms with van der Waals surface area (Å²) in [5.41, 5.74) is 5.40. The average molecular weight is 179 g/mol. The van der Waals surface area contributed by atoms with Gasteiger partial charge in [-0.25, -0.2) is 0 Å². The van der Waals surface area contributed by atoms with Crippen molar-refractivity contribution in [3.8, 4) is 5.88 Å². The predicted molar refractivity (Wildman–Crippen MR) is 44.2 cm³/mol. The zero-order valence-corrected chi connectivity index (χ0v) is 6.92. The first-order valence-corrected chi connectivity index (χ1v) is 3.93. The molecule has 6 nitrogen and oxygen atoms in total. The molecule has 0 saturated heterocycles. The van der Waals surface area contributed by atoms with E-state index < -0.39 is 0 Å². The van der Waals surface area contributed by atoms with E-state index in [1.165, 1.54) is 4.68 Å². The highest BCUT2D eigenvalue weighted by molar-refractivity contribution is 5.16. The van der Waals surface area contributed by atoms with E-state index in [4.69, 9.17) is 10.2 Å². The Morgan fingerprint density at radius 2 is 2.46 bits per heavy atom. The highest BCUT2D eigenvalue weighted by atomic mass is 16.3. The van der Waals surface area contributed by atoms with Gasteiger partial charge in [-0.15, -0.1) is 5.10 Å². The third-order valence-electron chi connectivity index (χ3n) is 1.62. The van der Waals surface area contributed by atoms with Crippen molar-refractivity contribution in [1.29, 1.82) is 0 Å². The van der Waals surface area contributed by atoms with Crippen LogP contribution in [-0.2, 0) is 6.42 Å². The second kappa shape index (κ2) is 3.36. The molecule has 0 fully saturated rings. The molecule has 13 heavy (non-hydrogen) atoms. The molecule has 0 aliphatic carbocycles. The maximum Gasteiger partial charge on any atom is 0.222 e. The quantitative estimate of drug-likeness (QED) is 0.702. The number of furan rings is 1. The van der Waals surface area contributed by atoms with Crippen molar-refractivity contribution < 1.29 is 4.42 Å². The Morgan fingerprint density at radius 1 is 1.54 bits per heavy atom. The summed E-state index contributed by atoms with van der Waals surface area (Å²) in [7, 11) is 0. The lowest BCUT2D eigenvalue weighted by Crippen LogP contribution is -2.09. The zero-order valence-electron chi connectivity index (χ0n) is 6.92. The molecule has 2 heterocycles. The molecule has 68 valence electrons. The maximum absolute atomic E-state index is 5.40. The van der Waals surface area contributed by atoms with Crippen LogP contribution in [0.3, 0.4) is 0 Å². The SMILES string of the molecule is NCCc1nnnn1-c1ccco1. The summed E-state index contributed by atoms with van der Waals surface area (Å²) in [4.78, 5) is 0. The van der Waals surface area contributed by atoms with Gasteiger partial charge in [0.05, 0.1) is 6.26 Å². The van der Waals surface area contributed by atoms with Crippen molar-refractivity contribution in [2.24, 2.45) is 5.73 Å². The van der Waals surface area contributed by atoms with Crippen LogP contribution in [0, 0.1) is 0 Å². The monoisotopic (exact) mass is 179 g/mol. The van der Waals surface area contributed by atoms with Gasteiger partial charge in [0.15, 0.2) is 5.82 Å². The molecule has 0 radical (unpaired) electrons. The number of nitrogens with zero attached hydrogens (tertiary/aromatic N) is 4. The van der Waals surface area contributed by atoms with Gasteiger partial charge in [0.1, 0.15) is 0 Å². The molecule has 0 aliphatic heterocycles. The number of hydrogen-bond acceptors (Lipinski definition) is 5. The molecule has 0 atom stereocenters. The first kappa shape index (κ1) is 7.93. The van der Waals surface area contributed by atoms with Gasteiger partial charge in [-0.05, 0) is 23.0 Å². The molecule has 0 aliphatic rings. The molecule has 2 rings (SSSR count). The van der Waals surface area contributed by atoms with E-state index in [9.17, 15) is 0 Å². The number of tetrazole rings is 1. The van der Waals surface area contributed by atoms with Gasteiger partial charge in [-0.2, -0.15) is 4.68 Å². The second-order valence-electron chi connectivity index (χ2n) is 2.50. The minimum Gasteiger partial charge on any atom is -0.447 e. The second-order valence-corrected chi connectivity index (χ2v) is 2.50. The summed E-state index contributed by atoms with van der Waals surface area (Å²) < 4.78 is 6.68. The van der Waals surface area contributed by atoms with Crippen molar-refractivity contribution in [3.05, 3.63) is 24.2 Å². The summed E-state index contributed by atoms with van der Waals surface area (Å²) in [6, 6.07) is 3.57. The Bertz CT molecular complexity index is 366. The summed E-state index contributed by atoms with van der Waals surface area (Å²) in [5.74, 6) is 1.31. The highest BCUT2D eigenvalue weighted by Gasteiger charge is 2.08. The maximum atomic E-state index is 5.40. The molecule has 6 heteroatoms. The molecule has 0 spiro atoms. The Kier molecular flexibility index (Phi) is 2.05. The van der Waals surface area contributed by atoms with Crippen LogP contribution in [0.4, 0.5) is 0 Å². The van der Waals surface area contributed by atoms with Crippen LogP contribution in [0.15, 0.2) is 22.8 Å². The van der Waals surface area contributed by atoms with Gasteiger partial charge in [-0.3, -0.25) is 0 Å². The molecule has 0 aromatic carbocycles. The van der Waals surface area contributed by atoms with E-state index in [1.54, 1.807) is 18.4 Å². The standard InChI is InChI=1S/C7H9N5O/c8-4-3-6-9-10-11-12(6)7-2-1-5-13-7/h1-2,5H,3-4,8H2. The van der Waals surface area contributed by atoms with Crippen LogP contribution in [0.5, 0.6) is 0 Å². The van der Waals surface area contributed by atoms with Gasteiger partial charge in [-0.1, -0.05) is 0 Å². The summed E-state index contributed by atoms with van der Waals surface area (Å²) in [6.07, 6.45) is 2.21. The van der Waals surface area contributed by atoms with Crippen LogP contribution in [0.1, 0.15) is 5.82 Å². The molecule has 0 bridgehead atoms. The van der Waals surface area contributed by atoms with Gasteiger partial charge in [0.2, 0.25) is 5.88 Å². The average Bonchev–Trinajstić information content (AvgIpc) is 2.71. The Labute approximate surface area is 74.3 Å². The van der Waals surface area contributed by atoms with Gasteiger partial charge in [0, 0.05) is 12.5 Å². The minimum atomic E-state index is 0.515. The van der Waals surface area contributed by atoms with Crippen LogP contribution >= 0.6 is 0 Å². The lowest BCUT2D eigenvalue weighted by atomic mass is 10.4. The van der Waals surface area contributed by atoms with Crippen molar-refractivity contribution in [1.82, 2.24) is 20.2 Å². The van der Waals surface area contributed by atoms with Crippen molar-refractivity contribution in [2.75, 3.05) is 6.54 Å². The Balaban J connectivity index is 2.35. The normalized spacial score (nSPS) is 10.5. The first-order valence-electron chi connectivity index (χ1n) is 3.93. The lowest BCUT2D eigenvalue weighted by Gasteiger charge is -1.97. The van der Waals surface area contributed by atoms with Crippen LogP contribution < -0.4 is 5.73 Å². The lowest BCUT2D eigenvalue weighted by molar-refractivity contribution is 0.509.